The molecule has 3 rings (SSSR count). The average molecular weight is 296 g/mol. The Bertz CT molecular complexity index is 797. The Kier molecular flexibility index (Phi) is 3.78. The van der Waals surface area contributed by atoms with Crippen molar-refractivity contribution in [1.82, 2.24) is 10.3 Å². The first-order valence-corrected chi connectivity index (χ1v) is 7.10. The van der Waals surface area contributed by atoms with Crippen molar-refractivity contribution in [2.45, 2.75) is 19.4 Å². The Balaban J connectivity index is 2.11. The number of phenols is 1. The Morgan fingerprint density at radius 3 is 2.91 bits per heavy atom. The van der Waals surface area contributed by atoms with Crippen LogP contribution < -0.4 is 5.32 Å². The first-order chi connectivity index (χ1) is 10.7. The number of hydrogen-bond donors (Lipinski definition) is 2. The van der Waals surface area contributed by atoms with Crippen LogP contribution in [0.1, 0.15) is 30.7 Å². The highest BCUT2D eigenvalue weighted by Gasteiger charge is 2.23. The number of carbonyl (C=O) groups is 1. The fraction of sp³-hybridized carbons (Fsp3) is 0.176. The van der Waals surface area contributed by atoms with Gasteiger partial charge in [0.15, 0.2) is 0 Å². The van der Waals surface area contributed by atoms with Gasteiger partial charge in [-0.15, -0.1) is 0 Å². The number of nitrogens with one attached hydrogen (secondary N) is 1. The van der Waals surface area contributed by atoms with Crippen LogP contribution in [0.2, 0.25) is 0 Å². The Morgan fingerprint density at radius 2 is 2.18 bits per heavy atom. The van der Waals surface area contributed by atoms with E-state index in [-0.39, 0.29) is 11.7 Å². The monoisotopic (exact) mass is 296 g/mol. The molecule has 0 aliphatic heterocycles. The maximum Gasteiger partial charge on any atom is 0.220 e. The summed E-state index contributed by atoms with van der Waals surface area (Å²) in [6, 6.07) is 10.3. The van der Waals surface area contributed by atoms with Crippen molar-refractivity contribution >= 4 is 16.8 Å². The van der Waals surface area contributed by atoms with E-state index in [1.54, 1.807) is 31.3 Å². The van der Waals surface area contributed by atoms with E-state index in [1.165, 1.54) is 6.26 Å². The SMILES string of the molecule is CCC(=O)N[C@H](c1ccco1)c1ccc2cccnc2c1O. The fourth-order valence-corrected chi connectivity index (χ4v) is 2.40. The zero-order valence-corrected chi connectivity index (χ0v) is 12.1. The average Bonchev–Trinajstić information content (AvgIpc) is 3.08. The number of nitrogens with zero attached hydrogens (tertiary/aromatic N) is 1. The second kappa shape index (κ2) is 5.89. The molecule has 2 heterocycles. The zero-order chi connectivity index (χ0) is 15.5. The summed E-state index contributed by atoms with van der Waals surface area (Å²) in [5.74, 6) is 0.491. The maximum atomic E-state index is 11.8. The van der Waals surface area contributed by atoms with Gasteiger partial charge in [0.25, 0.3) is 0 Å². The van der Waals surface area contributed by atoms with Crippen LogP contribution in [-0.4, -0.2) is 16.0 Å². The van der Waals surface area contributed by atoms with Crippen molar-refractivity contribution in [2.75, 3.05) is 0 Å². The van der Waals surface area contributed by atoms with Gasteiger partial charge in [0, 0.05) is 23.6 Å². The predicted molar refractivity (Wildman–Crippen MR) is 82.4 cm³/mol. The van der Waals surface area contributed by atoms with E-state index in [1.807, 2.05) is 18.2 Å². The zero-order valence-electron chi connectivity index (χ0n) is 12.1. The van der Waals surface area contributed by atoms with Gasteiger partial charge >= 0.3 is 0 Å². The second-order valence-corrected chi connectivity index (χ2v) is 4.95. The molecule has 5 heteroatoms. The highest BCUT2D eigenvalue weighted by atomic mass is 16.3. The molecule has 0 saturated carbocycles. The number of fused-ring (bicyclic) bond motifs is 1. The van der Waals surface area contributed by atoms with Crippen LogP contribution >= 0.6 is 0 Å². The first kappa shape index (κ1) is 14.1. The standard InChI is InChI=1S/C17H16N2O3/c1-2-14(20)19-16(13-6-4-10-22-13)12-8-7-11-5-3-9-18-15(11)17(12)21/h3-10,16,21H,2H2,1H3,(H,19,20)/t16-/m0/s1. The number of furan rings is 1. The molecule has 1 amide bonds. The first-order valence-electron chi connectivity index (χ1n) is 7.10. The van der Waals surface area contributed by atoms with Gasteiger partial charge in [-0.25, -0.2) is 0 Å². The molecule has 0 aliphatic rings. The van der Waals surface area contributed by atoms with E-state index in [9.17, 15) is 9.90 Å². The molecule has 2 N–H and O–H groups in total. The van der Waals surface area contributed by atoms with E-state index in [0.717, 1.165) is 5.39 Å². The number of aromatic hydroxyl groups is 1. The van der Waals surface area contributed by atoms with Crippen LogP contribution in [0, 0.1) is 0 Å². The van der Waals surface area contributed by atoms with Crippen molar-refractivity contribution in [2.24, 2.45) is 0 Å². The van der Waals surface area contributed by atoms with Gasteiger partial charge in [-0.1, -0.05) is 25.1 Å². The number of carbonyl (C=O) groups excluding carboxylic acids is 1. The number of phenolic OH excluding ortho intramolecular Hbond substituents is 1. The van der Waals surface area contributed by atoms with Crippen LogP contribution in [0.15, 0.2) is 53.3 Å². The number of hydrogen-bond acceptors (Lipinski definition) is 4. The highest BCUT2D eigenvalue weighted by Crippen LogP contribution is 2.34. The fourth-order valence-electron chi connectivity index (χ4n) is 2.40. The molecular weight excluding hydrogens is 280 g/mol. The number of amides is 1. The normalized spacial score (nSPS) is 12.2. The molecule has 0 bridgehead atoms. The van der Waals surface area contributed by atoms with Crippen molar-refractivity contribution in [3.8, 4) is 5.75 Å². The number of benzene rings is 1. The summed E-state index contributed by atoms with van der Waals surface area (Å²) in [5, 5.41) is 14.3. The third-order valence-electron chi connectivity index (χ3n) is 3.54. The molecule has 0 fully saturated rings. The molecule has 0 aliphatic carbocycles. The summed E-state index contributed by atoms with van der Waals surface area (Å²) in [5.41, 5.74) is 1.06. The summed E-state index contributed by atoms with van der Waals surface area (Å²) in [4.78, 5) is 16.0. The smallest absolute Gasteiger partial charge is 0.220 e. The molecule has 112 valence electrons. The molecule has 3 aromatic rings. The lowest BCUT2D eigenvalue weighted by atomic mass is 10.0. The van der Waals surface area contributed by atoms with Crippen LogP contribution in [0.3, 0.4) is 0 Å². The van der Waals surface area contributed by atoms with Gasteiger partial charge in [-0.2, -0.15) is 0 Å². The third-order valence-corrected chi connectivity index (χ3v) is 3.54. The molecule has 1 aromatic carbocycles. The van der Waals surface area contributed by atoms with Crippen molar-refractivity contribution < 1.29 is 14.3 Å². The van der Waals surface area contributed by atoms with Crippen LogP contribution in [0.5, 0.6) is 5.75 Å². The molecule has 0 radical (unpaired) electrons. The predicted octanol–water partition coefficient (Wildman–Crippen LogP) is 3.15. The van der Waals surface area contributed by atoms with Gasteiger partial charge in [0.1, 0.15) is 23.1 Å². The molecule has 0 unspecified atom stereocenters. The topological polar surface area (TPSA) is 75.4 Å². The summed E-state index contributed by atoms with van der Waals surface area (Å²) in [6.45, 7) is 1.77. The Morgan fingerprint density at radius 1 is 1.32 bits per heavy atom. The van der Waals surface area contributed by atoms with E-state index < -0.39 is 6.04 Å². The van der Waals surface area contributed by atoms with Crippen LogP contribution in [0.4, 0.5) is 0 Å². The van der Waals surface area contributed by atoms with E-state index in [0.29, 0.717) is 23.3 Å². The molecule has 1 atom stereocenters. The molecule has 22 heavy (non-hydrogen) atoms. The minimum Gasteiger partial charge on any atom is -0.505 e. The lowest BCUT2D eigenvalue weighted by molar-refractivity contribution is -0.121. The molecule has 5 nitrogen and oxygen atoms in total. The number of aromatic nitrogens is 1. The summed E-state index contributed by atoms with van der Waals surface area (Å²) < 4.78 is 5.42. The Hall–Kier alpha value is -2.82. The van der Waals surface area contributed by atoms with Crippen molar-refractivity contribution in [3.05, 3.63) is 60.2 Å². The van der Waals surface area contributed by atoms with Gasteiger partial charge in [0.05, 0.1) is 6.26 Å². The largest absolute Gasteiger partial charge is 0.505 e. The minimum absolute atomic E-state index is 0.0518. The van der Waals surface area contributed by atoms with Crippen molar-refractivity contribution in [1.29, 1.82) is 0 Å². The lowest BCUT2D eigenvalue weighted by Crippen LogP contribution is -2.28. The van der Waals surface area contributed by atoms with Gasteiger partial charge < -0.3 is 14.8 Å². The van der Waals surface area contributed by atoms with Gasteiger partial charge in [-0.3, -0.25) is 9.78 Å². The molecule has 0 saturated heterocycles. The summed E-state index contributed by atoms with van der Waals surface area (Å²) in [6.07, 6.45) is 3.51. The van der Waals surface area contributed by atoms with Crippen LogP contribution in [0.25, 0.3) is 10.9 Å². The quantitative estimate of drug-likeness (QED) is 0.775. The van der Waals surface area contributed by atoms with Crippen LogP contribution in [-0.2, 0) is 4.79 Å². The van der Waals surface area contributed by atoms with E-state index in [2.05, 4.69) is 10.3 Å². The molecular formula is C17H16N2O3. The highest BCUT2D eigenvalue weighted by molar-refractivity contribution is 5.86. The van der Waals surface area contributed by atoms with Crippen molar-refractivity contribution in [3.63, 3.8) is 0 Å². The number of pyridine rings is 1. The Labute approximate surface area is 127 Å². The summed E-state index contributed by atoms with van der Waals surface area (Å²) >= 11 is 0. The molecule has 2 aromatic heterocycles. The van der Waals surface area contributed by atoms with E-state index >= 15 is 0 Å². The van der Waals surface area contributed by atoms with E-state index in [4.69, 9.17) is 4.42 Å². The minimum atomic E-state index is -0.547. The van der Waals surface area contributed by atoms with Gasteiger partial charge in [0.2, 0.25) is 5.91 Å². The third kappa shape index (κ3) is 2.53. The number of rotatable bonds is 4. The summed E-state index contributed by atoms with van der Waals surface area (Å²) in [7, 11) is 0. The molecule has 0 spiro atoms. The maximum absolute atomic E-state index is 11.8. The van der Waals surface area contributed by atoms with Gasteiger partial charge in [-0.05, 0) is 18.2 Å². The lowest BCUT2D eigenvalue weighted by Gasteiger charge is -2.18. The second-order valence-electron chi connectivity index (χ2n) is 4.95.